The summed E-state index contributed by atoms with van der Waals surface area (Å²) in [5, 5.41) is 15.1. The molecule has 1 aromatic rings. The minimum atomic E-state index is -1.08. The van der Waals surface area contributed by atoms with E-state index in [1.807, 2.05) is 0 Å². The first-order valence-corrected chi connectivity index (χ1v) is 3.03. The molecule has 0 aromatic carbocycles. The van der Waals surface area contributed by atoms with Crippen LogP contribution in [0.1, 0.15) is 6.92 Å². The van der Waals surface area contributed by atoms with E-state index >= 15 is 0 Å². The van der Waals surface area contributed by atoms with Crippen molar-refractivity contribution in [3.8, 4) is 0 Å². The number of aromatic nitrogens is 2. The highest BCUT2D eigenvalue weighted by Crippen LogP contribution is 2.09. The monoisotopic (exact) mass is 157 g/mol. The lowest BCUT2D eigenvalue weighted by Gasteiger charge is -2.10. The first-order valence-electron chi connectivity index (χ1n) is 3.03. The molecule has 1 amide bonds. The average molecular weight is 157 g/mol. The van der Waals surface area contributed by atoms with Crippen molar-refractivity contribution in [3.05, 3.63) is 6.20 Å². The van der Waals surface area contributed by atoms with Crippen molar-refractivity contribution >= 4 is 12.0 Å². The Kier molecular flexibility index (Phi) is 2.05. The van der Waals surface area contributed by atoms with Gasteiger partial charge in [0.15, 0.2) is 0 Å². The number of rotatable bonds is 2. The Morgan fingerprint density at radius 1 is 1.91 bits per heavy atom. The van der Waals surface area contributed by atoms with Crippen molar-refractivity contribution in [1.82, 2.24) is 10.4 Å². The molecule has 11 heavy (non-hydrogen) atoms. The maximum Gasteiger partial charge on any atom is 0.414 e. The van der Waals surface area contributed by atoms with Crippen LogP contribution in [0.3, 0.4) is 0 Å². The summed E-state index contributed by atoms with van der Waals surface area (Å²) >= 11 is 0. The van der Waals surface area contributed by atoms with Crippen molar-refractivity contribution in [3.63, 3.8) is 0 Å². The molecule has 60 valence electrons. The molecule has 0 unspecified atom stereocenters. The molecule has 0 aliphatic rings. The Bertz CT molecular complexity index is 233. The standard InChI is InChI=1S/C5H7N3O3/c1-2-8(5(9)10)4-3-6-7-11-4/h3H,2H2,1H3,(H,9,10). The Labute approximate surface area is 62.4 Å². The molecule has 6 nitrogen and oxygen atoms in total. The zero-order valence-electron chi connectivity index (χ0n) is 5.89. The molecule has 1 N–H and O–H groups in total. The highest BCUT2D eigenvalue weighted by molar-refractivity contribution is 5.83. The van der Waals surface area contributed by atoms with Crippen LogP contribution in [0.5, 0.6) is 0 Å². The van der Waals surface area contributed by atoms with Crippen LogP contribution < -0.4 is 4.90 Å². The molecule has 0 aliphatic heterocycles. The summed E-state index contributed by atoms with van der Waals surface area (Å²) < 4.78 is 4.53. The summed E-state index contributed by atoms with van der Waals surface area (Å²) in [4.78, 5) is 11.4. The second kappa shape index (κ2) is 3.00. The average Bonchev–Trinajstić information content (AvgIpc) is 2.40. The molecule has 1 heterocycles. The van der Waals surface area contributed by atoms with Crippen LogP contribution in [0.2, 0.25) is 0 Å². The fourth-order valence-electron chi connectivity index (χ4n) is 0.666. The summed E-state index contributed by atoms with van der Waals surface area (Å²) in [5.41, 5.74) is 0. The summed E-state index contributed by atoms with van der Waals surface area (Å²) in [6.45, 7) is 2.00. The van der Waals surface area contributed by atoms with Gasteiger partial charge >= 0.3 is 6.09 Å². The zero-order chi connectivity index (χ0) is 8.27. The largest absolute Gasteiger partial charge is 0.465 e. The van der Waals surface area contributed by atoms with E-state index in [4.69, 9.17) is 5.11 Å². The predicted molar refractivity (Wildman–Crippen MR) is 35.3 cm³/mol. The normalized spacial score (nSPS) is 9.55. The maximum atomic E-state index is 10.4. The summed E-state index contributed by atoms with van der Waals surface area (Å²) in [7, 11) is 0. The minimum absolute atomic E-state index is 0.139. The van der Waals surface area contributed by atoms with Crippen LogP contribution in [0.15, 0.2) is 10.7 Å². The van der Waals surface area contributed by atoms with Crippen LogP contribution in [-0.2, 0) is 0 Å². The van der Waals surface area contributed by atoms with E-state index in [9.17, 15) is 4.79 Å². The van der Waals surface area contributed by atoms with Crippen LogP contribution >= 0.6 is 0 Å². The Morgan fingerprint density at radius 3 is 3.00 bits per heavy atom. The first kappa shape index (κ1) is 7.52. The van der Waals surface area contributed by atoms with Gasteiger partial charge in [0.25, 0.3) is 5.88 Å². The molecule has 0 radical (unpaired) electrons. The van der Waals surface area contributed by atoms with Crippen molar-refractivity contribution < 1.29 is 14.4 Å². The molecule has 1 rings (SSSR count). The second-order valence-corrected chi connectivity index (χ2v) is 1.78. The van der Waals surface area contributed by atoms with E-state index < -0.39 is 6.09 Å². The molecule has 0 atom stereocenters. The number of nitrogens with zero attached hydrogens (tertiary/aromatic N) is 3. The van der Waals surface area contributed by atoms with Gasteiger partial charge in [0.1, 0.15) is 6.20 Å². The molecular weight excluding hydrogens is 150 g/mol. The molecule has 0 spiro atoms. The van der Waals surface area contributed by atoms with Crippen molar-refractivity contribution in [2.24, 2.45) is 0 Å². The first-order chi connectivity index (χ1) is 5.25. The van der Waals surface area contributed by atoms with Crippen molar-refractivity contribution in [2.45, 2.75) is 6.92 Å². The third-order valence-corrected chi connectivity index (χ3v) is 1.16. The van der Waals surface area contributed by atoms with E-state index in [1.165, 1.54) is 6.20 Å². The van der Waals surface area contributed by atoms with Crippen LogP contribution in [0.25, 0.3) is 0 Å². The highest BCUT2D eigenvalue weighted by atomic mass is 16.5. The molecule has 0 saturated carbocycles. The second-order valence-electron chi connectivity index (χ2n) is 1.78. The quantitative estimate of drug-likeness (QED) is 0.678. The van der Waals surface area contributed by atoms with Crippen molar-refractivity contribution in [2.75, 3.05) is 11.4 Å². The zero-order valence-corrected chi connectivity index (χ0v) is 5.89. The topological polar surface area (TPSA) is 79.5 Å². The number of anilines is 1. The summed E-state index contributed by atoms with van der Waals surface area (Å²) in [5.74, 6) is 0.139. The Morgan fingerprint density at radius 2 is 2.64 bits per heavy atom. The van der Waals surface area contributed by atoms with E-state index in [0.29, 0.717) is 6.54 Å². The van der Waals surface area contributed by atoms with Gasteiger partial charge in [0.2, 0.25) is 0 Å². The number of amides is 1. The molecule has 6 heteroatoms. The van der Waals surface area contributed by atoms with Gasteiger partial charge in [-0.05, 0) is 6.92 Å². The van der Waals surface area contributed by atoms with Gasteiger partial charge in [0.05, 0.1) is 0 Å². The van der Waals surface area contributed by atoms with Gasteiger partial charge in [-0.25, -0.2) is 9.69 Å². The maximum absolute atomic E-state index is 10.4. The highest BCUT2D eigenvalue weighted by Gasteiger charge is 2.15. The van der Waals surface area contributed by atoms with Crippen LogP contribution in [0.4, 0.5) is 10.7 Å². The fraction of sp³-hybridized carbons (Fsp3) is 0.400. The molecule has 1 aromatic heterocycles. The third kappa shape index (κ3) is 1.46. The minimum Gasteiger partial charge on any atom is -0.465 e. The third-order valence-electron chi connectivity index (χ3n) is 1.16. The number of hydrogen-bond acceptors (Lipinski definition) is 4. The molecule has 0 fully saturated rings. The molecular formula is C5H7N3O3. The van der Waals surface area contributed by atoms with Gasteiger partial charge in [-0.15, -0.1) is 5.10 Å². The molecule has 0 aliphatic carbocycles. The van der Waals surface area contributed by atoms with Crippen LogP contribution in [-0.4, -0.2) is 28.1 Å². The van der Waals surface area contributed by atoms with Gasteiger partial charge in [-0.3, -0.25) is 0 Å². The van der Waals surface area contributed by atoms with E-state index in [2.05, 4.69) is 14.9 Å². The van der Waals surface area contributed by atoms with Crippen molar-refractivity contribution in [1.29, 1.82) is 0 Å². The predicted octanol–water partition coefficient (Wildman–Crippen LogP) is 0.574. The Balaban J connectivity index is 2.79. The van der Waals surface area contributed by atoms with E-state index in [1.54, 1.807) is 6.92 Å². The Hall–Kier alpha value is -1.59. The van der Waals surface area contributed by atoms with Gasteiger partial charge in [0, 0.05) is 11.8 Å². The number of hydrogen-bond donors (Lipinski definition) is 1. The lowest BCUT2D eigenvalue weighted by molar-refractivity contribution is 0.200. The molecule has 0 saturated heterocycles. The fourth-order valence-corrected chi connectivity index (χ4v) is 0.666. The lowest BCUT2D eigenvalue weighted by atomic mass is 10.6. The molecule has 0 bridgehead atoms. The van der Waals surface area contributed by atoms with Gasteiger partial charge in [-0.2, -0.15) is 0 Å². The lowest BCUT2D eigenvalue weighted by Crippen LogP contribution is -2.28. The van der Waals surface area contributed by atoms with Crippen LogP contribution in [0, 0.1) is 0 Å². The number of carbonyl (C=O) groups is 1. The van der Waals surface area contributed by atoms with E-state index in [0.717, 1.165) is 4.90 Å². The van der Waals surface area contributed by atoms with Gasteiger partial charge < -0.3 is 9.63 Å². The summed E-state index contributed by atoms with van der Waals surface area (Å²) in [6, 6.07) is 0. The summed E-state index contributed by atoms with van der Waals surface area (Å²) in [6.07, 6.45) is 0.170. The SMILES string of the molecule is CCN(C(=O)O)c1cnno1. The number of carboxylic acid groups (broad SMARTS) is 1. The van der Waals surface area contributed by atoms with Gasteiger partial charge in [-0.1, -0.05) is 0 Å². The smallest absolute Gasteiger partial charge is 0.414 e. The van der Waals surface area contributed by atoms with E-state index in [-0.39, 0.29) is 5.88 Å².